The van der Waals surface area contributed by atoms with Gasteiger partial charge in [0.2, 0.25) is 0 Å². The summed E-state index contributed by atoms with van der Waals surface area (Å²) in [4.78, 5) is 43.7. The molecule has 4 aliphatic heterocycles. The Morgan fingerprint density at radius 1 is 0.500 bits per heavy atom. The maximum absolute atomic E-state index is 15.4. The molecule has 4 unspecified atom stereocenters. The number of amides is 2. The molecular weight excluding hydrogens is 1000 g/mol. The quantitative estimate of drug-likeness (QED) is 0.0702. The van der Waals surface area contributed by atoms with Crippen molar-refractivity contribution in [3.8, 4) is 19.5 Å². The summed E-state index contributed by atoms with van der Waals surface area (Å²) < 4.78 is 1.20. The van der Waals surface area contributed by atoms with Gasteiger partial charge in [0, 0.05) is 53.9 Å². The van der Waals surface area contributed by atoms with E-state index in [-0.39, 0.29) is 22.6 Å². The lowest BCUT2D eigenvalue weighted by Crippen LogP contribution is -2.32. The third-order valence-corrected chi connectivity index (χ3v) is 23.3. The van der Waals surface area contributed by atoms with Gasteiger partial charge in [0.25, 0.3) is 11.8 Å². The normalized spacial score (nSPS) is 21.8. The van der Waals surface area contributed by atoms with Crippen LogP contribution in [0.15, 0.2) is 39.5 Å². The molecule has 4 nitrogen and oxygen atoms in total. The number of unbranched alkanes of at least 4 members (excludes halogenated alkanes) is 4. The molecule has 70 heavy (non-hydrogen) atoms. The molecule has 0 spiro atoms. The number of thiophene rings is 4. The van der Waals surface area contributed by atoms with Crippen LogP contribution in [0.1, 0.15) is 232 Å². The van der Waals surface area contributed by atoms with E-state index >= 15 is 9.59 Å². The minimum atomic E-state index is -0.125. The minimum Gasteiger partial charge on any atom is -0.281 e. The van der Waals surface area contributed by atoms with Crippen LogP contribution >= 0.6 is 61.3 Å². The monoisotopic (exact) mass is 1080 g/mol. The molecule has 0 N–H and O–H groups in total. The summed E-state index contributed by atoms with van der Waals surface area (Å²) in [5, 5.41) is 0. The molecule has 374 valence electrons. The van der Waals surface area contributed by atoms with Gasteiger partial charge in [-0.05, 0) is 119 Å². The Balaban J connectivity index is 1.15. The van der Waals surface area contributed by atoms with Gasteiger partial charge in [0.1, 0.15) is 0 Å². The Kier molecular flexibility index (Phi) is 14.8. The highest BCUT2D eigenvalue weighted by atomic mass is 79.9. The molecule has 8 heterocycles. The molecule has 10 rings (SSSR count). The van der Waals surface area contributed by atoms with Crippen LogP contribution < -0.4 is 0 Å². The zero-order valence-electron chi connectivity index (χ0n) is 43.6. The number of hydrogen-bond acceptors (Lipinski definition) is 6. The number of carbonyl (C=O) groups is 2. The lowest BCUT2D eigenvalue weighted by molar-refractivity contribution is -0.122. The van der Waals surface area contributed by atoms with E-state index in [1.165, 1.54) is 159 Å². The topological polar surface area (TPSA) is 40.6 Å². The van der Waals surface area contributed by atoms with Crippen LogP contribution in [0.25, 0.3) is 43.1 Å². The van der Waals surface area contributed by atoms with Crippen molar-refractivity contribution < 1.29 is 9.59 Å². The number of rotatable bonds is 24. The first kappa shape index (κ1) is 50.7. The fraction of sp³-hybridized carbons (Fsp3) is 0.574. The molecule has 4 aromatic rings. The molecule has 0 bridgehead atoms. The minimum absolute atomic E-state index is 0.0571. The average Bonchev–Trinajstić information content (AvgIpc) is 4.25. The second-order valence-electron chi connectivity index (χ2n) is 22.1. The van der Waals surface area contributed by atoms with Gasteiger partial charge in [-0.25, -0.2) is 0 Å². The van der Waals surface area contributed by atoms with Crippen LogP contribution in [-0.4, -0.2) is 21.6 Å². The van der Waals surface area contributed by atoms with E-state index in [0.717, 1.165) is 46.8 Å². The summed E-state index contributed by atoms with van der Waals surface area (Å²) >= 11 is 11.6. The summed E-state index contributed by atoms with van der Waals surface area (Å²) in [6.07, 6.45) is 32.9. The fourth-order valence-corrected chi connectivity index (χ4v) is 20.1. The molecule has 0 fully saturated rings. The van der Waals surface area contributed by atoms with Crippen LogP contribution in [0.2, 0.25) is 0 Å². The third-order valence-electron chi connectivity index (χ3n) is 17.9. The Labute approximate surface area is 445 Å². The predicted octanol–water partition coefficient (Wildman–Crippen LogP) is 19.7. The van der Waals surface area contributed by atoms with Gasteiger partial charge in [-0.2, -0.15) is 0 Å². The first-order chi connectivity index (χ1) is 34.0. The standard InChI is InChI=1S/C61H77BrN2O2S4/c1-10-18-22-37(14-5)32-60(33-38(15-6)23-19-11-2)43-30-36(9)67-54(43)56-48(60)41-26-28-63-50(52(41)69-56)46-47(59(63)66)51-53-42(27-29-64(51)58(46)65)49-57(70-53)55-44(31-45(62)68-55)61(49,34-39(16-7)24-20-12-3)35-40(17-8)25-21-13-4/h26-31,37-40H,10-25,32-35H2,1-9H3. The Morgan fingerprint density at radius 3 is 1.24 bits per heavy atom. The van der Waals surface area contributed by atoms with Crippen LogP contribution in [0.3, 0.4) is 0 Å². The molecule has 0 radical (unpaired) electrons. The van der Waals surface area contributed by atoms with Crippen molar-refractivity contribution in [2.45, 2.75) is 202 Å². The van der Waals surface area contributed by atoms with E-state index in [1.54, 1.807) is 5.56 Å². The number of aryl methyl sites for hydroxylation is 1. The maximum Gasteiger partial charge on any atom is 0.265 e. The van der Waals surface area contributed by atoms with Crippen LogP contribution in [-0.2, 0) is 20.4 Å². The highest BCUT2D eigenvalue weighted by molar-refractivity contribution is 9.11. The average molecular weight is 1080 g/mol. The summed E-state index contributed by atoms with van der Waals surface area (Å²) in [6, 6.07) is 5.02. The van der Waals surface area contributed by atoms with Gasteiger partial charge in [-0.15, -0.1) is 45.3 Å². The summed E-state index contributed by atoms with van der Waals surface area (Å²) in [6.45, 7) is 21.3. The number of fused-ring (bicyclic) bond motifs is 15. The lowest BCUT2D eigenvalue weighted by Gasteiger charge is -2.39. The highest BCUT2D eigenvalue weighted by Crippen LogP contribution is 2.68. The maximum atomic E-state index is 15.4. The highest BCUT2D eigenvalue weighted by Gasteiger charge is 2.56. The molecule has 6 aliphatic rings. The SMILES string of the molecule is CCCCC(CC)CC1(CC(CC)CCCC)c2cc(C)sc2-c2sc3c(c21)C=CN1C(=O)C2=C4c5sc6c(c5C=CN4C(=O)C2=C31)C(CC(CC)CCCC)(CC(CC)CCCC)c1cc(Br)sc1-6. The molecule has 0 saturated heterocycles. The molecular formula is C61H77BrN2O2S4. The van der Waals surface area contributed by atoms with E-state index in [0.29, 0.717) is 34.8 Å². The largest absolute Gasteiger partial charge is 0.281 e. The van der Waals surface area contributed by atoms with Gasteiger partial charge in [0.05, 0.1) is 41.0 Å². The third kappa shape index (κ3) is 8.00. The molecule has 0 aromatic carbocycles. The van der Waals surface area contributed by atoms with Crippen LogP contribution in [0.4, 0.5) is 0 Å². The number of carbonyl (C=O) groups excluding carboxylic acids is 2. The second kappa shape index (κ2) is 20.5. The van der Waals surface area contributed by atoms with E-state index < -0.39 is 0 Å². The van der Waals surface area contributed by atoms with E-state index in [4.69, 9.17) is 0 Å². The molecule has 2 aliphatic carbocycles. The Bertz CT molecular complexity index is 2580. The van der Waals surface area contributed by atoms with Crippen molar-refractivity contribution in [3.05, 3.63) is 87.5 Å². The van der Waals surface area contributed by atoms with Gasteiger partial charge in [-0.3, -0.25) is 19.4 Å². The summed E-state index contributed by atoms with van der Waals surface area (Å²) in [5.74, 6) is 2.39. The summed E-state index contributed by atoms with van der Waals surface area (Å²) in [7, 11) is 0. The summed E-state index contributed by atoms with van der Waals surface area (Å²) in [5.41, 5.74) is 11.2. The van der Waals surface area contributed by atoms with Crippen molar-refractivity contribution in [2.24, 2.45) is 23.7 Å². The molecule has 4 aromatic heterocycles. The van der Waals surface area contributed by atoms with Crippen molar-refractivity contribution in [1.82, 2.24) is 9.80 Å². The number of nitrogens with zero attached hydrogens (tertiary/aromatic N) is 2. The molecule has 0 saturated carbocycles. The fourth-order valence-electron chi connectivity index (χ4n) is 14.1. The van der Waals surface area contributed by atoms with Crippen molar-refractivity contribution in [2.75, 3.05) is 0 Å². The number of hydrogen-bond donors (Lipinski definition) is 0. The zero-order chi connectivity index (χ0) is 49.2. The molecule has 2 amide bonds. The first-order valence-electron chi connectivity index (χ1n) is 27.8. The zero-order valence-corrected chi connectivity index (χ0v) is 48.5. The molecule has 4 atom stereocenters. The molecule has 9 heteroatoms. The lowest BCUT2D eigenvalue weighted by atomic mass is 9.64. The van der Waals surface area contributed by atoms with Crippen LogP contribution in [0.5, 0.6) is 0 Å². The smallest absolute Gasteiger partial charge is 0.265 e. The van der Waals surface area contributed by atoms with Crippen molar-refractivity contribution in [3.63, 3.8) is 0 Å². The predicted molar refractivity (Wildman–Crippen MR) is 307 cm³/mol. The number of halogens is 1. The van der Waals surface area contributed by atoms with Gasteiger partial charge in [-0.1, -0.05) is 158 Å². The Hall–Kier alpha value is -2.82. The van der Waals surface area contributed by atoms with Gasteiger partial charge in [0.15, 0.2) is 0 Å². The van der Waals surface area contributed by atoms with Gasteiger partial charge >= 0.3 is 0 Å². The van der Waals surface area contributed by atoms with E-state index in [1.807, 2.05) is 67.5 Å². The van der Waals surface area contributed by atoms with Crippen molar-refractivity contribution >= 4 is 96.6 Å². The second-order valence-corrected chi connectivity index (χ2v) is 27.8. The first-order valence-corrected chi connectivity index (χ1v) is 31.8. The van der Waals surface area contributed by atoms with Crippen LogP contribution in [0, 0.1) is 30.6 Å². The van der Waals surface area contributed by atoms with E-state index in [9.17, 15) is 0 Å². The van der Waals surface area contributed by atoms with Crippen molar-refractivity contribution in [1.29, 1.82) is 0 Å². The van der Waals surface area contributed by atoms with Gasteiger partial charge < -0.3 is 0 Å². The Morgan fingerprint density at radius 2 is 0.871 bits per heavy atom. The van der Waals surface area contributed by atoms with E-state index in [2.05, 4.69) is 103 Å².